The van der Waals surface area contributed by atoms with Gasteiger partial charge in [0.1, 0.15) is 0 Å². The van der Waals surface area contributed by atoms with Crippen LogP contribution in [0.5, 0.6) is 0 Å². The monoisotopic (exact) mass is 368 g/mol. The Bertz CT molecular complexity index is 738. The first-order chi connectivity index (χ1) is 11.6. The Labute approximate surface area is 145 Å². The van der Waals surface area contributed by atoms with Crippen molar-refractivity contribution in [2.45, 2.75) is 43.7 Å². The Morgan fingerprint density at radius 3 is 2.72 bits per heavy atom. The average molecular weight is 368 g/mol. The summed E-state index contributed by atoms with van der Waals surface area (Å²) in [4.78, 5) is 23.4. The molecule has 0 saturated carbocycles. The summed E-state index contributed by atoms with van der Waals surface area (Å²) in [5, 5.41) is 23.2. The number of hydrogen-bond acceptors (Lipinski definition) is 5. The lowest BCUT2D eigenvalue weighted by Gasteiger charge is -2.30. The first-order valence-corrected chi connectivity index (χ1v) is 11.2. The van der Waals surface area contributed by atoms with E-state index in [1.165, 1.54) is 18.2 Å². The van der Waals surface area contributed by atoms with Crippen LogP contribution in [0.2, 0.25) is 18.6 Å². The second-order valence-corrected chi connectivity index (χ2v) is 11.0. The molecule has 9 heteroatoms. The van der Waals surface area contributed by atoms with Crippen molar-refractivity contribution < 1.29 is 23.7 Å². The maximum Gasteiger partial charge on any atom is 0.269 e. The van der Waals surface area contributed by atoms with Gasteiger partial charge in [0, 0.05) is 41.4 Å². The number of rotatable bonds is 4. The van der Waals surface area contributed by atoms with E-state index in [0.717, 1.165) is 0 Å². The van der Waals surface area contributed by atoms with E-state index in [4.69, 9.17) is 4.74 Å². The summed E-state index contributed by atoms with van der Waals surface area (Å²) >= 11 is 0. The van der Waals surface area contributed by atoms with Gasteiger partial charge in [0.2, 0.25) is 8.41 Å². The maximum absolute atomic E-state index is 15.0. The number of amides is 1. The van der Waals surface area contributed by atoms with E-state index in [1.807, 2.05) is 0 Å². The fourth-order valence-electron chi connectivity index (χ4n) is 4.37. The molecule has 2 heterocycles. The fraction of sp³-hybridized carbons (Fsp3) is 0.562. The summed E-state index contributed by atoms with van der Waals surface area (Å²) in [6.07, 6.45) is -0.392. The van der Waals surface area contributed by atoms with E-state index >= 15 is 4.11 Å². The number of nitrogens with one attached hydrogen (secondary N) is 1. The van der Waals surface area contributed by atoms with Crippen molar-refractivity contribution in [3.63, 3.8) is 0 Å². The summed E-state index contributed by atoms with van der Waals surface area (Å²) in [6, 6.07) is 4.12. The summed E-state index contributed by atoms with van der Waals surface area (Å²) in [5.41, 5.74) is -1.28. The molecule has 2 aliphatic rings. The molecule has 1 aromatic carbocycles. The van der Waals surface area contributed by atoms with Crippen LogP contribution in [0.15, 0.2) is 18.2 Å². The molecular formula is C16H21FN2O5Si. The van der Waals surface area contributed by atoms with Crippen molar-refractivity contribution in [2.24, 2.45) is 5.92 Å². The molecule has 0 bridgehead atoms. The molecule has 4 atom stereocenters. The van der Waals surface area contributed by atoms with E-state index in [0.29, 0.717) is 11.3 Å². The predicted molar refractivity (Wildman–Crippen MR) is 91.5 cm³/mol. The molecule has 1 aromatic rings. The highest BCUT2D eigenvalue weighted by Gasteiger charge is 2.65. The van der Waals surface area contributed by atoms with Crippen molar-refractivity contribution in [1.82, 2.24) is 0 Å². The third-order valence-electron chi connectivity index (χ3n) is 5.32. The van der Waals surface area contributed by atoms with Gasteiger partial charge in [0.25, 0.3) is 11.6 Å². The van der Waals surface area contributed by atoms with E-state index < -0.39 is 42.4 Å². The van der Waals surface area contributed by atoms with Crippen LogP contribution in [0.25, 0.3) is 0 Å². The maximum atomic E-state index is 15.0. The Hall–Kier alpha value is -1.84. The third-order valence-corrected chi connectivity index (χ3v) is 7.78. The largest absolute Gasteiger partial charge is 0.396 e. The van der Waals surface area contributed by atoms with Gasteiger partial charge in [-0.3, -0.25) is 14.9 Å². The topological polar surface area (TPSA) is 102 Å². The van der Waals surface area contributed by atoms with Crippen molar-refractivity contribution in [1.29, 1.82) is 0 Å². The normalized spacial score (nSPS) is 31.2. The highest BCUT2D eigenvalue weighted by Crippen LogP contribution is 2.59. The van der Waals surface area contributed by atoms with E-state index in [-0.39, 0.29) is 18.7 Å². The fourth-order valence-corrected chi connectivity index (χ4v) is 6.91. The van der Waals surface area contributed by atoms with Gasteiger partial charge in [-0.05, 0) is 25.6 Å². The Morgan fingerprint density at radius 1 is 1.48 bits per heavy atom. The van der Waals surface area contributed by atoms with Gasteiger partial charge in [0.05, 0.1) is 11.0 Å². The zero-order valence-electron chi connectivity index (χ0n) is 14.3. The zero-order chi connectivity index (χ0) is 18.6. The number of fused-ring (bicyclic) bond motifs is 2. The first kappa shape index (κ1) is 18.0. The SMILES string of the molecule is C[C@H]1[C@H]([Si](C)(C)F)[C@@H](CCO)O[C@]12C(=O)Nc1ccc([N+](=O)[O-])cc12. The van der Waals surface area contributed by atoms with Crippen molar-refractivity contribution in [3.05, 3.63) is 33.9 Å². The molecular weight excluding hydrogens is 347 g/mol. The van der Waals surface area contributed by atoms with E-state index in [9.17, 15) is 20.0 Å². The molecule has 2 aliphatic heterocycles. The lowest BCUT2D eigenvalue weighted by molar-refractivity contribution is -0.385. The van der Waals surface area contributed by atoms with E-state index in [1.54, 1.807) is 20.0 Å². The van der Waals surface area contributed by atoms with Crippen LogP contribution in [0.3, 0.4) is 0 Å². The van der Waals surface area contributed by atoms with Crippen LogP contribution in [0, 0.1) is 16.0 Å². The number of aliphatic hydroxyl groups is 1. The minimum atomic E-state index is -3.22. The highest BCUT2D eigenvalue weighted by atomic mass is 28.4. The number of ether oxygens (including phenoxy) is 1. The van der Waals surface area contributed by atoms with Crippen molar-refractivity contribution >= 4 is 25.7 Å². The van der Waals surface area contributed by atoms with Gasteiger partial charge >= 0.3 is 0 Å². The second-order valence-electron chi connectivity index (χ2n) is 7.22. The number of nitrogens with zero attached hydrogens (tertiary/aromatic N) is 1. The summed E-state index contributed by atoms with van der Waals surface area (Å²) in [5.74, 6) is -0.932. The van der Waals surface area contributed by atoms with Crippen LogP contribution >= 0.6 is 0 Å². The number of carbonyl (C=O) groups is 1. The number of halogens is 1. The molecule has 1 fully saturated rings. The Kier molecular flexibility index (Phi) is 4.21. The number of carbonyl (C=O) groups excluding carboxylic acids is 1. The van der Waals surface area contributed by atoms with Gasteiger partial charge in [-0.1, -0.05) is 6.92 Å². The molecule has 0 unspecified atom stereocenters. The molecule has 1 spiro atoms. The molecule has 1 saturated heterocycles. The molecule has 3 rings (SSSR count). The number of anilines is 1. The third kappa shape index (κ3) is 2.57. The molecule has 136 valence electrons. The minimum Gasteiger partial charge on any atom is -0.396 e. The number of hydrogen-bond donors (Lipinski definition) is 2. The number of nitro groups is 1. The van der Waals surface area contributed by atoms with Crippen molar-refractivity contribution in [3.8, 4) is 0 Å². The number of benzene rings is 1. The average Bonchev–Trinajstić information content (AvgIpc) is 2.95. The highest BCUT2D eigenvalue weighted by molar-refractivity contribution is 6.72. The standard InChI is InChI=1S/C16H21FN2O5Si/c1-9-14(25(2,3)17)13(6-7-20)24-16(9)11-8-10(19(22)23)4-5-12(11)18-15(16)21/h4-5,8-9,13-14,20H,6-7H2,1-3H3,(H,18,21)/t9-,13+,14-,16+/m0/s1. The van der Waals surface area contributed by atoms with Crippen LogP contribution in [0.1, 0.15) is 18.9 Å². The van der Waals surface area contributed by atoms with Gasteiger partial charge in [0.15, 0.2) is 5.60 Å². The van der Waals surface area contributed by atoms with Gasteiger partial charge in [-0.25, -0.2) is 0 Å². The zero-order valence-corrected chi connectivity index (χ0v) is 15.3. The molecule has 2 N–H and O–H groups in total. The first-order valence-electron chi connectivity index (χ1n) is 8.21. The number of non-ortho nitro benzene ring substituents is 1. The van der Waals surface area contributed by atoms with Crippen LogP contribution < -0.4 is 5.32 Å². The van der Waals surface area contributed by atoms with Crippen LogP contribution in [-0.2, 0) is 15.1 Å². The predicted octanol–water partition coefficient (Wildman–Crippen LogP) is 2.70. The molecule has 25 heavy (non-hydrogen) atoms. The Balaban J connectivity index is 2.15. The van der Waals surface area contributed by atoms with Gasteiger partial charge in [-0.15, -0.1) is 0 Å². The molecule has 0 radical (unpaired) electrons. The lowest BCUT2D eigenvalue weighted by Crippen LogP contribution is -2.41. The number of aliphatic hydroxyl groups excluding tert-OH is 1. The molecule has 1 amide bonds. The van der Waals surface area contributed by atoms with Gasteiger partial charge in [-0.2, -0.15) is 0 Å². The van der Waals surface area contributed by atoms with Gasteiger partial charge < -0.3 is 19.3 Å². The molecule has 0 aromatic heterocycles. The second kappa shape index (κ2) is 5.86. The summed E-state index contributed by atoms with van der Waals surface area (Å²) in [6.45, 7) is 4.69. The summed E-state index contributed by atoms with van der Waals surface area (Å²) < 4.78 is 21.1. The summed E-state index contributed by atoms with van der Waals surface area (Å²) in [7, 11) is -3.22. The van der Waals surface area contributed by atoms with Crippen LogP contribution in [-0.4, -0.2) is 37.1 Å². The number of nitro benzene ring substituents is 1. The van der Waals surface area contributed by atoms with Crippen LogP contribution in [0.4, 0.5) is 15.5 Å². The van der Waals surface area contributed by atoms with Crippen molar-refractivity contribution in [2.75, 3.05) is 11.9 Å². The lowest BCUT2D eigenvalue weighted by atomic mass is 9.82. The molecule has 7 nitrogen and oxygen atoms in total. The molecule has 0 aliphatic carbocycles. The minimum absolute atomic E-state index is 0.149. The quantitative estimate of drug-likeness (QED) is 0.368. The smallest absolute Gasteiger partial charge is 0.269 e. The Morgan fingerprint density at radius 2 is 2.16 bits per heavy atom. The van der Waals surface area contributed by atoms with E-state index in [2.05, 4.69) is 5.32 Å².